The Kier molecular flexibility index (Phi) is 5.76. The lowest BCUT2D eigenvalue weighted by molar-refractivity contribution is -0.117. The van der Waals surface area contributed by atoms with Gasteiger partial charge >= 0.3 is 0 Å². The molecule has 2 fully saturated rings. The van der Waals surface area contributed by atoms with Gasteiger partial charge in [0.15, 0.2) is 0 Å². The predicted octanol–water partition coefficient (Wildman–Crippen LogP) is 2.94. The molecule has 7 heteroatoms. The fraction of sp³-hybridized carbons (Fsp3) is 0.364. The summed E-state index contributed by atoms with van der Waals surface area (Å²) >= 11 is 0. The Morgan fingerprint density at radius 2 is 1.90 bits per heavy atom. The zero-order valence-electron chi connectivity index (χ0n) is 16.1. The molecular weight excluding hydrogens is 373 g/mol. The van der Waals surface area contributed by atoms with Gasteiger partial charge in [-0.3, -0.25) is 9.59 Å². The smallest absolute Gasteiger partial charge is 0.253 e. The van der Waals surface area contributed by atoms with E-state index in [0.717, 1.165) is 18.5 Å². The average molecular weight is 397 g/mol. The molecule has 29 heavy (non-hydrogen) atoms. The third-order valence-electron chi connectivity index (χ3n) is 5.15. The van der Waals surface area contributed by atoms with Crippen LogP contribution in [0.4, 0.5) is 15.8 Å². The molecule has 2 aliphatic rings. The maximum Gasteiger partial charge on any atom is 0.253 e. The van der Waals surface area contributed by atoms with Crippen molar-refractivity contribution < 1.29 is 18.7 Å². The topological polar surface area (TPSA) is 70.7 Å². The summed E-state index contributed by atoms with van der Waals surface area (Å²) in [5, 5.41) is 5.80. The first-order valence-corrected chi connectivity index (χ1v) is 9.90. The van der Waals surface area contributed by atoms with E-state index in [1.54, 1.807) is 24.3 Å². The van der Waals surface area contributed by atoms with Gasteiger partial charge in [0.05, 0.1) is 24.5 Å². The van der Waals surface area contributed by atoms with Gasteiger partial charge in [0.1, 0.15) is 5.82 Å². The van der Waals surface area contributed by atoms with Crippen LogP contribution in [-0.4, -0.2) is 38.1 Å². The van der Waals surface area contributed by atoms with E-state index < -0.39 is 0 Å². The van der Waals surface area contributed by atoms with Gasteiger partial charge in [-0.25, -0.2) is 4.39 Å². The summed E-state index contributed by atoms with van der Waals surface area (Å²) in [4.78, 5) is 27.1. The van der Waals surface area contributed by atoms with Gasteiger partial charge in [-0.2, -0.15) is 0 Å². The molecule has 0 bridgehead atoms. The van der Waals surface area contributed by atoms with Gasteiger partial charge in [-0.1, -0.05) is 12.1 Å². The highest BCUT2D eigenvalue weighted by molar-refractivity contribution is 6.02. The predicted molar refractivity (Wildman–Crippen MR) is 108 cm³/mol. The molecule has 0 spiro atoms. The van der Waals surface area contributed by atoms with Crippen LogP contribution in [0.1, 0.15) is 28.8 Å². The fourth-order valence-corrected chi connectivity index (χ4v) is 3.38. The van der Waals surface area contributed by atoms with Crippen LogP contribution in [0.5, 0.6) is 0 Å². The van der Waals surface area contributed by atoms with Crippen LogP contribution in [-0.2, 0) is 16.1 Å². The minimum atomic E-state index is -0.332. The molecule has 0 radical (unpaired) electrons. The highest BCUT2D eigenvalue weighted by Crippen LogP contribution is 2.31. The lowest BCUT2D eigenvalue weighted by Crippen LogP contribution is -2.38. The zero-order chi connectivity index (χ0) is 20.2. The Morgan fingerprint density at radius 1 is 1.10 bits per heavy atom. The van der Waals surface area contributed by atoms with Gasteiger partial charge in [0, 0.05) is 31.2 Å². The molecule has 1 saturated carbocycles. The number of halogens is 1. The van der Waals surface area contributed by atoms with Crippen molar-refractivity contribution in [3.05, 3.63) is 59.4 Å². The lowest BCUT2D eigenvalue weighted by Gasteiger charge is -2.30. The van der Waals surface area contributed by atoms with E-state index in [2.05, 4.69) is 15.5 Å². The molecule has 1 saturated heterocycles. The van der Waals surface area contributed by atoms with Crippen molar-refractivity contribution in [1.82, 2.24) is 5.32 Å². The van der Waals surface area contributed by atoms with E-state index in [4.69, 9.17) is 4.74 Å². The second kappa shape index (κ2) is 8.61. The number of anilines is 2. The summed E-state index contributed by atoms with van der Waals surface area (Å²) in [6, 6.07) is 11.5. The lowest BCUT2D eigenvalue weighted by atomic mass is 10.1. The molecule has 1 aliphatic heterocycles. The molecule has 4 rings (SSSR count). The largest absolute Gasteiger partial charge is 0.378 e. The normalized spacial score (nSPS) is 16.4. The number of ether oxygens (including phenoxy) is 1. The molecule has 2 aromatic carbocycles. The van der Waals surface area contributed by atoms with Crippen LogP contribution in [0.2, 0.25) is 0 Å². The second-order valence-electron chi connectivity index (χ2n) is 7.41. The van der Waals surface area contributed by atoms with Crippen molar-refractivity contribution >= 4 is 23.2 Å². The van der Waals surface area contributed by atoms with Gasteiger partial charge in [0.2, 0.25) is 5.91 Å². The number of carbonyl (C=O) groups is 2. The Labute approximate surface area is 169 Å². The molecule has 2 N–H and O–H groups in total. The van der Waals surface area contributed by atoms with Gasteiger partial charge < -0.3 is 20.3 Å². The van der Waals surface area contributed by atoms with Crippen LogP contribution in [0.15, 0.2) is 42.5 Å². The van der Waals surface area contributed by atoms with Crippen molar-refractivity contribution in [3.63, 3.8) is 0 Å². The number of hydrogen-bond donors (Lipinski definition) is 2. The van der Waals surface area contributed by atoms with E-state index in [1.165, 1.54) is 12.1 Å². The summed E-state index contributed by atoms with van der Waals surface area (Å²) in [5.41, 5.74) is 2.66. The number of carbonyl (C=O) groups excluding carboxylic acids is 2. The number of hydrogen-bond acceptors (Lipinski definition) is 4. The van der Waals surface area contributed by atoms with Crippen LogP contribution in [0.3, 0.4) is 0 Å². The standard InChI is InChI=1S/C22H24FN3O3/c23-17-3-1-2-15(12-17)14-24-22(28)19-7-6-18(25-21(27)16-4-5-16)13-20(19)26-8-10-29-11-9-26/h1-3,6-7,12-13,16H,4-5,8-11,14H2,(H,24,28)(H,25,27). The number of rotatable bonds is 6. The zero-order valence-corrected chi connectivity index (χ0v) is 16.1. The second-order valence-corrected chi connectivity index (χ2v) is 7.41. The van der Waals surface area contributed by atoms with Crippen molar-refractivity contribution in [2.24, 2.45) is 5.92 Å². The summed E-state index contributed by atoms with van der Waals surface area (Å²) in [5.74, 6) is -0.436. The van der Waals surface area contributed by atoms with Gasteiger partial charge in [-0.05, 0) is 48.7 Å². The molecule has 2 aromatic rings. The van der Waals surface area contributed by atoms with E-state index in [9.17, 15) is 14.0 Å². The molecule has 0 atom stereocenters. The van der Waals surface area contributed by atoms with Crippen LogP contribution in [0.25, 0.3) is 0 Å². The fourth-order valence-electron chi connectivity index (χ4n) is 3.38. The van der Waals surface area contributed by atoms with Crippen molar-refractivity contribution in [3.8, 4) is 0 Å². The molecule has 0 unspecified atom stereocenters. The first-order chi connectivity index (χ1) is 14.1. The van der Waals surface area contributed by atoms with Crippen molar-refractivity contribution in [1.29, 1.82) is 0 Å². The van der Waals surface area contributed by atoms with E-state index >= 15 is 0 Å². The number of amides is 2. The Morgan fingerprint density at radius 3 is 2.62 bits per heavy atom. The highest BCUT2D eigenvalue weighted by atomic mass is 19.1. The molecule has 6 nitrogen and oxygen atoms in total. The Hall–Kier alpha value is -2.93. The molecule has 2 amide bonds. The van der Waals surface area contributed by atoms with Gasteiger partial charge in [-0.15, -0.1) is 0 Å². The monoisotopic (exact) mass is 397 g/mol. The molecule has 152 valence electrons. The van der Waals surface area contributed by atoms with E-state index in [1.807, 2.05) is 6.07 Å². The minimum Gasteiger partial charge on any atom is -0.378 e. The number of morpholine rings is 1. The van der Waals surface area contributed by atoms with E-state index in [0.29, 0.717) is 43.1 Å². The Balaban J connectivity index is 1.53. The molecular formula is C22H24FN3O3. The number of nitrogens with zero attached hydrogens (tertiary/aromatic N) is 1. The van der Waals surface area contributed by atoms with E-state index in [-0.39, 0.29) is 30.1 Å². The average Bonchev–Trinajstić information content (AvgIpc) is 3.58. The quantitative estimate of drug-likeness (QED) is 0.786. The first-order valence-electron chi connectivity index (χ1n) is 9.90. The molecule has 1 heterocycles. The Bertz CT molecular complexity index is 908. The SMILES string of the molecule is O=C(NCc1cccc(F)c1)c1ccc(NC(=O)C2CC2)cc1N1CCOCC1. The summed E-state index contributed by atoms with van der Waals surface area (Å²) in [6.45, 7) is 2.75. The third kappa shape index (κ3) is 4.92. The molecule has 0 aromatic heterocycles. The summed E-state index contributed by atoms with van der Waals surface area (Å²) < 4.78 is 18.8. The minimum absolute atomic E-state index is 0.0289. The maximum absolute atomic E-state index is 13.4. The summed E-state index contributed by atoms with van der Waals surface area (Å²) in [7, 11) is 0. The van der Waals surface area contributed by atoms with Crippen molar-refractivity contribution in [2.45, 2.75) is 19.4 Å². The van der Waals surface area contributed by atoms with Crippen molar-refractivity contribution in [2.75, 3.05) is 36.5 Å². The maximum atomic E-state index is 13.4. The van der Waals surface area contributed by atoms with Crippen LogP contribution >= 0.6 is 0 Å². The summed E-state index contributed by atoms with van der Waals surface area (Å²) in [6.07, 6.45) is 1.87. The molecule has 1 aliphatic carbocycles. The number of nitrogens with one attached hydrogen (secondary N) is 2. The third-order valence-corrected chi connectivity index (χ3v) is 5.15. The van der Waals surface area contributed by atoms with Gasteiger partial charge in [0.25, 0.3) is 5.91 Å². The first kappa shape index (κ1) is 19.4. The highest BCUT2D eigenvalue weighted by Gasteiger charge is 2.30. The van der Waals surface area contributed by atoms with Crippen LogP contribution < -0.4 is 15.5 Å². The van der Waals surface area contributed by atoms with Crippen LogP contribution in [0, 0.1) is 11.7 Å². The number of benzene rings is 2.